The van der Waals surface area contributed by atoms with Gasteiger partial charge in [0.2, 0.25) is 0 Å². The van der Waals surface area contributed by atoms with Crippen LogP contribution in [0.5, 0.6) is 17.2 Å². The molecule has 2 atom stereocenters. The molecular formula is C23H28ClNO4. The normalized spacial score (nSPS) is 18.2. The maximum atomic E-state index is 13.0. The molecule has 0 radical (unpaired) electrons. The van der Waals surface area contributed by atoms with Gasteiger partial charge >= 0.3 is 0 Å². The Morgan fingerprint density at radius 1 is 1.28 bits per heavy atom. The number of benzene rings is 2. The molecule has 1 amide bonds. The first kappa shape index (κ1) is 21.3. The van der Waals surface area contributed by atoms with E-state index in [1.165, 1.54) is 0 Å². The van der Waals surface area contributed by atoms with E-state index in [0.29, 0.717) is 23.6 Å². The van der Waals surface area contributed by atoms with E-state index >= 15 is 0 Å². The van der Waals surface area contributed by atoms with Gasteiger partial charge in [-0.2, -0.15) is 0 Å². The summed E-state index contributed by atoms with van der Waals surface area (Å²) in [7, 11) is 1.62. The highest BCUT2D eigenvalue weighted by Crippen LogP contribution is 2.41. The molecule has 0 aliphatic carbocycles. The van der Waals surface area contributed by atoms with Crippen LogP contribution >= 0.6 is 11.6 Å². The van der Waals surface area contributed by atoms with Crippen LogP contribution in [-0.4, -0.2) is 24.7 Å². The SMILES string of the molecule is CC[C@@H](Oc1ccc(Cl)c(C)c1)C(=O)N[C@@H]1CC(C)(C)Oc2cc(OC)ccc21. The molecule has 156 valence electrons. The molecule has 0 bridgehead atoms. The number of methoxy groups -OCH3 is 1. The summed E-state index contributed by atoms with van der Waals surface area (Å²) in [5.41, 5.74) is 1.44. The Bertz CT molecular complexity index is 896. The molecule has 2 aromatic carbocycles. The average molecular weight is 418 g/mol. The van der Waals surface area contributed by atoms with Crippen molar-refractivity contribution < 1.29 is 19.0 Å². The Balaban J connectivity index is 1.78. The van der Waals surface area contributed by atoms with Gasteiger partial charge in [0.1, 0.15) is 22.8 Å². The van der Waals surface area contributed by atoms with Crippen LogP contribution in [0.1, 0.15) is 50.8 Å². The molecule has 6 heteroatoms. The van der Waals surface area contributed by atoms with Gasteiger partial charge in [-0.1, -0.05) is 18.5 Å². The van der Waals surface area contributed by atoms with Gasteiger partial charge in [0.15, 0.2) is 6.10 Å². The number of amides is 1. The Hall–Kier alpha value is -2.40. The van der Waals surface area contributed by atoms with Crippen LogP contribution in [0.25, 0.3) is 0 Å². The summed E-state index contributed by atoms with van der Waals surface area (Å²) >= 11 is 6.08. The molecule has 0 aromatic heterocycles. The van der Waals surface area contributed by atoms with Gasteiger partial charge in [-0.05, 0) is 63.1 Å². The fourth-order valence-electron chi connectivity index (χ4n) is 3.53. The molecule has 3 rings (SSSR count). The van der Waals surface area contributed by atoms with Crippen molar-refractivity contribution in [2.24, 2.45) is 0 Å². The van der Waals surface area contributed by atoms with Crippen molar-refractivity contribution in [2.45, 2.75) is 58.3 Å². The lowest BCUT2D eigenvalue weighted by Gasteiger charge is -2.38. The fraction of sp³-hybridized carbons (Fsp3) is 0.435. The van der Waals surface area contributed by atoms with Gasteiger partial charge in [0.25, 0.3) is 5.91 Å². The van der Waals surface area contributed by atoms with E-state index < -0.39 is 11.7 Å². The lowest BCUT2D eigenvalue weighted by molar-refractivity contribution is -0.129. The van der Waals surface area contributed by atoms with E-state index in [0.717, 1.165) is 22.6 Å². The zero-order valence-corrected chi connectivity index (χ0v) is 18.3. The first-order valence-corrected chi connectivity index (χ1v) is 10.2. The summed E-state index contributed by atoms with van der Waals surface area (Å²) in [4.78, 5) is 13.0. The summed E-state index contributed by atoms with van der Waals surface area (Å²) < 4.78 is 17.4. The van der Waals surface area contributed by atoms with Crippen molar-refractivity contribution in [1.82, 2.24) is 5.32 Å². The Morgan fingerprint density at radius 3 is 2.66 bits per heavy atom. The Kier molecular flexibility index (Phi) is 6.27. The zero-order valence-electron chi connectivity index (χ0n) is 17.5. The maximum absolute atomic E-state index is 13.0. The van der Waals surface area contributed by atoms with E-state index in [1.54, 1.807) is 19.2 Å². The molecule has 1 aliphatic rings. The van der Waals surface area contributed by atoms with Crippen molar-refractivity contribution in [2.75, 3.05) is 7.11 Å². The number of nitrogens with one attached hydrogen (secondary N) is 1. The van der Waals surface area contributed by atoms with Crippen molar-refractivity contribution in [3.05, 3.63) is 52.5 Å². The summed E-state index contributed by atoms with van der Waals surface area (Å²) in [6.07, 6.45) is 0.618. The van der Waals surface area contributed by atoms with Gasteiger partial charge in [-0.3, -0.25) is 4.79 Å². The Morgan fingerprint density at radius 2 is 2.00 bits per heavy atom. The van der Waals surface area contributed by atoms with Gasteiger partial charge in [-0.15, -0.1) is 0 Å². The molecule has 1 aliphatic heterocycles. The quantitative estimate of drug-likeness (QED) is 0.698. The fourth-order valence-corrected chi connectivity index (χ4v) is 3.65. The standard InChI is InChI=1S/C23H28ClNO4/c1-6-20(28-16-8-10-18(24)14(2)11-16)22(26)25-19-13-23(3,4)29-21-12-15(27-5)7-9-17(19)21/h7-12,19-20H,6,13H2,1-5H3,(H,25,26)/t19-,20-/m1/s1. The molecule has 0 saturated carbocycles. The number of hydrogen-bond acceptors (Lipinski definition) is 4. The zero-order chi connectivity index (χ0) is 21.2. The highest BCUT2D eigenvalue weighted by Gasteiger charge is 2.36. The predicted octanol–water partition coefficient (Wildman–Crippen LogP) is 5.23. The largest absolute Gasteiger partial charge is 0.497 e. The second-order valence-corrected chi connectivity index (χ2v) is 8.36. The number of hydrogen-bond donors (Lipinski definition) is 1. The van der Waals surface area contributed by atoms with Crippen LogP contribution in [-0.2, 0) is 4.79 Å². The predicted molar refractivity (Wildman–Crippen MR) is 114 cm³/mol. The summed E-state index contributed by atoms with van der Waals surface area (Å²) in [6.45, 7) is 7.86. The second-order valence-electron chi connectivity index (χ2n) is 7.96. The third-order valence-corrected chi connectivity index (χ3v) is 5.49. The molecule has 0 fully saturated rings. The maximum Gasteiger partial charge on any atom is 0.261 e. The average Bonchev–Trinajstić information content (AvgIpc) is 2.67. The minimum atomic E-state index is -0.594. The number of carbonyl (C=O) groups excluding carboxylic acids is 1. The van der Waals surface area contributed by atoms with Crippen molar-refractivity contribution >= 4 is 17.5 Å². The molecular weight excluding hydrogens is 390 g/mol. The van der Waals surface area contributed by atoms with Crippen LogP contribution in [0.4, 0.5) is 0 Å². The van der Waals surface area contributed by atoms with Gasteiger partial charge in [-0.25, -0.2) is 0 Å². The van der Waals surface area contributed by atoms with Crippen LogP contribution in [0.3, 0.4) is 0 Å². The van der Waals surface area contributed by atoms with E-state index in [2.05, 4.69) is 5.32 Å². The van der Waals surface area contributed by atoms with Gasteiger partial charge in [0.05, 0.1) is 13.2 Å². The molecule has 0 spiro atoms. The molecule has 1 heterocycles. The monoisotopic (exact) mass is 417 g/mol. The van der Waals surface area contributed by atoms with Crippen LogP contribution in [0.15, 0.2) is 36.4 Å². The summed E-state index contributed by atoms with van der Waals surface area (Å²) in [5, 5.41) is 3.83. The van der Waals surface area contributed by atoms with E-state index in [9.17, 15) is 4.79 Å². The Labute approximate surface area is 177 Å². The number of rotatable bonds is 6. The number of fused-ring (bicyclic) bond motifs is 1. The lowest BCUT2D eigenvalue weighted by Crippen LogP contribution is -2.45. The topological polar surface area (TPSA) is 56.8 Å². The van der Waals surface area contributed by atoms with Crippen LogP contribution in [0.2, 0.25) is 5.02 Å². The molecule has 0 unspecified atom stereocenters. The molecule has 2 aromatic rings. The molecule has 0 saturated heterocycles. The minimum absolute atomic E-state index is 0.149. The summed E-state index contributed by atoms with van der Waals surface area (Å²) in [6, 6.07) is 10.9. The third-order valence-electron chi connectivity index (χ3n) is 5.07. The van der Waals surface area contributed by atoms with E-state index in [4.69, 9.17) is 25.8 Å². The van der Waals surface area contributed by atoms with Gasteiger partial charge < -0.3 is 19.5 Å². The van der Waals surface area contributed by atoms with Crippen molar-refractivity contribution in [1.29, 1.82) is 0 Å². The minimum Gasteiger partial charge on any atom is -0.497 e. The van der Waals surface area contributed by atoms with Crippen molar-refractivity contribution in [3.63, 3.8) is 0 Å². The lowest BCUT2D eigenvalue weighted by atomic mass is 9.89. The number of ether oxygens (including phenoxy) is 3. The van der Waals surface area contributed by atoms with Crippen LogP contribution in [0, 0.1) is 6.92 Å². The second kappa shape index (κ2) is 8.54. The smallest absolute Gasteiger partial charge is 0.261 e. The number of aryl methyl sites for hydroxylation is 1. The first-order valence-electron chi connectivity index (χ1n) is 9.82. The molecule has 5 nitrogen and oxygen atoms in total. The number of halogens is 1. The number of carbonyl (C=O) groups is 1. The van der Waals surface area contributed by atoms with E-state index in [1.807, 2.05) is 52.0 Å². The van der Waals surface area contributed by atoms with Crippen molar-refractivity contribution in [3.8, 4) is 17.2 Å². The highest BCUT2D eigenvalue weighted by molar-refractivity contribution is 6.31. The first-order chi connectivity index (χ1) is 13.7. The highest BCUT2D eigenvalue weighted by atomic mass is 35.5. The molecule has 1 N–H and O–H groups in total. The summed E-state index contributed by atoms with van der Waals surface area (Å²) in [5.74, 6) is 1.93. The van der Waals surface area contributed by atoms with Gasteiger partial charge in [0, 0.05) is 23.1 Å². The molecule has 29 heavy (non-hydrogen) atoms. The van der Waals surface area contributed by atoms with E-state index in [-0.39, 0.29) is 11.9 Å². The third kappa shape index (κ3) is 4.96. The van der Waals surface area contributed by atoms with Crippen LogP contribution < -0.4 is 19.5 Å².